The van der Waals surface area contributed by atoms with Gasteiger partial charge in [-0.15, -0.1) is 11.3 Å². The Hall–Kier alpha value is -1.45. The smallest absolute Gasteiger partial charge is 0.337 e. The number of nitrogens with zero attached hydrogens (tertiary/aromatic N) is 1. The van der Waals surface area contributed by atoms with E-state index in [9.17, 15) is 13.2 Å². The summed E-state index contributed by atoms with van der Waals surface area (Å²) in [5.74, 6) is -0.483. The average molecular weight is 391 g/mol. The predicted molar refractivity (Wildman–Crippen MR) is 83.1 cm³/mol. The quantitative estimate of drug-likeness (QED) is 0.811. The lowest BCUT2D eigenvalue weighted by atomic mass is 10.2. The Labute approximate surface area is 134 Å². The first-order chi connectivity index (χ1) is 9.83. The summed E-state index contributed by atoms with van der Waals surface area (Å²) >= 11 is 4.40. The number of carbonyl (C=O) groups is 1. The maximum Gasteiger partial charge on any atom is 0.337 e. The maximum atomic E-state index is 12.2. The van der Waals surface area contributed by atoms with Crippen LogP contribution in [0.4, 0.5) is 5.69 Å². The molecule has 0 saturated heterocycles. The van der Waals surface area contributed by atoms with Crippen molar-refractivity contribution in [3.63, 3.8) is 0 Å². The maximum absolute atomic E-state index is 12.2. The number of benzene rings is 1. The molecule has 0 amide bonds. The highest BCUT2D eigenvalue weighted by Gasteiger charge is 2.21. The second-order valence-corrected chi connectivity index (χ2v) is 8.08. The first kappa shape index (κ1) is 15.9. The largest absolute Gasteiger partial charge is 0.465 e. The fourth-order valence-corrected chi connectivity index (χ4v) is 4.79. The molecule has 0 aliphatic heterocycles. The van der Waals surface area contributed by atoms with E-state index >= 15 is 0 Å². The summed E-state index contributed by atoms with van der Waals surface area (Å²) in [5, 5.41) is -0.0172. The molecule has 21 heavy (non-hydrogen) atoms. The van der Waals surface area contributed by atoms with Crippen molar-refractivity contribution in [1.82, 2.24) is 4.98 Å². The number of hydrogen-bond acceptors (Lipinski definition) is 6. The van der Waals surface area contributed by atoms with Gasteiger partial charge in [-0.25, -0.2) is 9.78 Å². The molecule has 0 radical (unpaired) electrons. The number of hydrogen-bond donors (Lipinski definition) is 1. The van der Waals surface area contributed by atoms with E-state index in [1.54, 1.807) is 6.92 Å². The normalized spacial score (nSPS) is 11.2. The summed E-state index contributed by atoms with van der Waals surface area (Å²) in [5.41, 5.74) is 0.680. The summed E-state index contributed by atoms with van der Waals surface area (Å²) in [6, 6.07) is 5.93. The molecular formula is C12H11BrN2O4S2. The monoisotopic (exact) mass is 390 g/mol. The molecule has 1 N–H and O–H groups in total. The number of ether oxygens (including phenoxy) is 1. The number of aryl methyl sites for hydroxylation is 1. The molecule has 1 aromatic heterocycles. The molecule has 2 aromatic rings. The highest BCUT2D eigenvalue weighted by atomic mass is 79.9. The van der Waals surface area contributed by atoms with Crippen molar-refractivity contribution in [2.45, 2.75) is 11.9 Å². The first-order valence-electron chi connectivity index (χ1n) is 5.67. The van der Waals surface area contributed by atoms with Crippen molar-refractivity contribution in [2.75, 3.05) is 11.8 Å². The van der Waals surface area contributed by atoms with Crippen molar-refractivity contribution in [1.29, 1.82) is 0 Å². The van der Waals surface area contributed by atoms with Crippen LogP contribution in [-0.4, -0.2) is 26.5 Å². The second kappa shape index (κ2) is 6.12. The number of aromatic nitrogens is 1. The summed E-state index contributed by atoms with van der Waals surface area (Å²) in [4.78, 5) is 15.8. The number of nitrogens with one attached hydrogen (secondary N) is 1. The van der Waals surface area contributed by atoms with Crippen molar-refractivity contribution in [2.24, 2.45) is 0 Å². The van der Waals surface area contributed by atoms with Crippen LogP contribution in [0.1, 0.15) is 15.2 Å². The Balaban J connectivity index is 2.25. The van der Waals surface area contributed by atoms with Gasteiger partial charge in [0, 0.05) is 10.6 Å². The van der Waals surface area contributed by atoms with E-state index in [-0.39, 0.29) is 5.03 Å². The van der Waals surface area contributed by atoms with Crippen LogP contribution in [0.3, 0.4) is 0 Å². The van der Waals surface area contributed by atoms with Gasteiger partial charge in [-0.2, -0.15) is 8.42 Å². The fourth-order valence-electron chi connectivity index (χ4n) is 1.60. The standard InChI is InChI=1S/C12H11BrN2O4S2/c1-7-10(14-12(13)20-7)21(17,18)15-9-5-3-8(4-6-9)11(16)19-2/h3-6,15H,1-2H3. The lowest BCUT2D eigenvalue weighted by Crippen LogP contribution is -2.14. The number of halogens is 1. The van der Waals surface area contributed by atoms with E-state index in [1.807, 2.05) is 0 Å². The number of methoxy groups -OCH3 is 1. The average Bonchev–Trinajstić information content (AvgIpc) is 2.78. The van der Waals surface area contributed by atoms with Gasteiger partial charge in [-0.05, 0) is 47.1 Å². The molecule has 1 aromatic carbocycles. The zero-order valence-corrected chi connectivity index (χ0v) is 14.3. The van der Waals surface area contributed by atoms with E-state index in [0.717, 1.165) is 0 Å². The SMILES string of the molecule is COC(=O)c1ccc(NS(=O)(=O)c2nc(Br)sc2C)cc1. The number of sulfonamides is 1. The molecule has 0 bridgehead atoms. The van der Waals surface area contributed by atoms with Crippen LogP contribution < -0.4 is 4.72 Å². The molecule has 1 heterocycles. The van der Waals surface area contributed by atoms with Crippen LogP contribution in [0.25, 0.3) is 0 Å². The molecule has 0 atom stereocenters. The Kier molecular flexibility index (Phi) is 4.64. The minimum Gasteiger partial charge on any atom is -0.465 e. The van der Waals surface area contributed by atoms with Crippen LogP contribution >= 0.6 is 27.3 Å². The van der Waals surface area contributed by atoms with Gasteiger partial charge in [0.15, 0.2) is 8.94 Å². The zero-order chi connectivity index (χ0) is 15.6. The third-order valence-corrected chi connectivity index (χ3v) is 5.50. The molecule has 6 nitrogen and oxygen atoms in total. The summed E-state index contributed by atoms with van der Waals surface area (Å²) in [6.07, 6.45) is 0. The summed E-state index contributed by atoms with van der Waals surface area (Å²) in [6.45, 7) is 1.68. The van der Waals surface area contributed by atoms with Gasteiger partial charge in [0.2, 0.25) is 0 Å². The third-order valence-electron chi connectivity index (χ3n) is 2.54. The second-order valence-electron chi connectivity index (χ2n) is 4.00. The van der Waals surface area contributed by atoms with Gasteiger partial charge in [0.25, 0.3) is 10.0 Å². The number of esters is 1. The molecule has 0 saturated carbocycles. The van der Waals surface area contributed by atoms with Gasteiger partial charge in [0.1, 0.15) is 0 Å². The van der Waals surface area contributed by atoms with Crippen molar-refractivity contribution in [3.8, 4) is 0 Å². The molecule has 0 aliphatic rings. The van der Waals surface area contributed by atoms with Gasteiger partial charge >= 0.3 is 5.97 Å². The summed E-state index contributed by atoms with van der Waals surface area (Å²) < 4.78 is 32.0. The van der Waals surface area contributed by atoms with Gasteiger partial charge in [0.05, 0.1) is 12.7 Å². The van der Waals surface area contributed by atoms with E-state index in [1.165, 1.54) is 42.7 Å². The topological polar surface area (TPSA) is 85.4 Å². The van der Waals surface area contributed by atoms with E-state index in [4.69, 9.17) is 0 Å². The van der Waals surface area contributed by atoms with Crippen LogP contribution in [0.5, 0.6) is 0 Å². The number of thiazole rings is 1. The molecule has 2 rings (SSSR count). The first-order valence-corrected chi connectivity index (χ1v) is 8.77. The van der Waals surface area contributed by atoms with Gasteiger partial charge < -0.3 is 4.74 Å². The summed E-state index contributed by atoms with van der Waals surface area (Å²) in [7, 11) is -2.48. The Morgan fingerprint density at radius 3 is 2.43 bits per heavy atom. The van der Waals surface area contributed by atoms with Gasteiger partial charge in [-0.3, -0.25) is 4.72 Å². The number of rotatable bonds is 4. The van der Waals surface area contributed by atoms with Crippen LogP contribution in [0.15, 0.2) is 33.2 Å². The van der Waals surface area contributed by atoms with Crippen molar-refractivity contribution < 1.29 is 17.9 Å². The molecule has 0 spiro atoms. The van der Waals surface area contributed by atoms with E-state index < -0.39 is 16.0 Å². The Morgan fingerprint density at radius 2 is 1.95 bits per heavy atom. The van der Waals surface area contributed by atoms with Crippen LogP contribution in [0, 0.1) is 6.92 Å². The van der Waals surface area contributed by atoms with Crippen molar-refractivity contribution >= 4 is 48.9 Å². The molecular weight excluding hydrogens is 380 g/mol. The zero-order valence-electron chi connectivity index (χ0n) is 11.1. The number of anilines is 1. The lowest BCUT2D eigenvalue weighted by Gasteiger charge is -2.07. The predicted octanol–water partition coefficient (Wildman–Crippen LogP) is 2.80. The van der Waals surface area contributed by atoms with E-state index in [0.29, 0.717) is 20.0 Å². The molecule has 112 valence electrons. The highest BCUT2D eigenvalue weighted by molar-refractivity contribution is 9.11. The van der Waals surface area contributed by atoms with E-state index in [2.05, 4.69) is 30.4 Å². The van der Waals surface area contributed by atoms with Crippen LogP contribution in [-0.2, 0) is 14.8 Å². The minimum atomic E-state index is -3.76. The highest BCUT2D eigenvalue weighted by Crippen LogP contribution is 2.27. The Bertz CT molecular complexity index is 769. The molecule has 0 fully saturated rings. The minimum absolute atomic E-state index is 0.0172. The Morgan fingerprint density at radius 1 is 1.33 bits per heavy atom. The third kappa shape index (κ3) is 3.60. The van der Waals surface area contributed by atoms with Gasteiger partial charge in [-0.1, -0.05) is 0 Å². The van der Waals surface area contributed by atoms with Crippen molar-refractivity contribution in [3.05, 3.63) is 38.6 Å². The molecule has 9 heteroatoms. The lowest BCUT2D eigenvalue weighted by molar-refractivity contribution is 0.0601. The fraction of sp³-hybridized carbons (Fsp3) is 0.167. The molecule has 0 aliphatic carbocycles. The molecule has 0 unspecified atom stereocenters. The van der Waals surface area contributed by atoms with Crippen LogP contribution in [0.2, 0.25) is 0 Å². The number of carbonyl (C=O) groups excluding carboxylic acids is 1.